The molecule has 0 saturated carbocycles. The number of imide groups is 1. The number of piperidine rings is 1. The Morgan fingerprint density at radius 1 is 1.45 bits per heavy atom. The van der Waals surface area contributed by atoms with Gasteiger partial charge in [-0.3, -0.25) is 19.5 Å². The average molecular weight is 398 g/mol. The van der Waals surface area contributed by atoms with Crippen molar-refractivity contribution in [1.29, 1.82) is 0 Å². The summed E-state index contributed by atoms with van der Waals surface area (Å²) in [4.78, 5) is 28.4. The molecule has 116 valence electrons. The molecule has 0 bridgehead atoms. The molecule has 1 aliphatic rings. The average Bonchev–Trinajstić information content (AvgIpc) is 2.33. The van der Waals surface area contributed by atoms with Crippen LogP contribution in [0.5, 0.6) is 0 Å². The molecular weight excluding hydrogens is 375 g/mol. The summed E-state index contributed by atoms with van der Waals surface area (Å²) in [5.74, 6) is 0.0536. The van der Waals surface area contributed by atoms with E-state index in [4.69, 9.17) is 10.5 Å². The highest BCUT2D eigenvalue weighted by Gasteiger charge is 2.24. The van der Waals surface area contributed by atoms with E-state index in [-0.39, 0.29) is 41.8 Å². The lowest BCUT2D eigenvalue weighted by Gasteiger charge is -2.24. The van der Waals surface area contributed by atoms with Gasteiger partial charge in [0.05, 0.1) is 13.2 Å². The van der Waals surface area contributed by atoms with Crippen LogP contribution in [0.25, 0.3) is 0 Å². The van der Waals surface area contributed by atoms with Gasteiger partial charge in [0.2, 0.25) is 11.8 Å². The monoisotopic (exact) mass is 398 g/mol. The van der Waals surface area contributed by atoms with Crippen molar-refractivity contribution < 1.29 is 14.3 Å². The Labute approximate surface area is 136 Å². The molecule has 0 aromatic heterocycles. The minimum absolute atomic E-state index is 0. The summed E-state index contributed by atoms with van der Waals surface area (Å²) in [6, 6.07) is 0.0620. The normalized spacial score (nSPS) is 17.7. The second-order valence-corrected chi connectivity index (χ2v) is 4.56. The zero-order valence-corrected chi connectivity index (χ0v) is 14.3. The number of halogens is 1. The number of likely N-dealkylation sites (tertiary alicyclic amines) is 1. The number of rotatable bonds is 6. The van der Waals surface area contributed by atoms with E-state index >= 15 is 0 Å². The molecule has 1 fully saturated rings. The lowest BCUT2D eigenvalue weighted by molar-refractivity contribution is -0.147. The van der Waals surface area contributed by atoms with Crippen LogP contribution in [0, 0.1) is 0 Å². The Morgan fingerprint density at radius 3 is 2.60 bits per heavy atom. The van der Waals surface area contributed by atoms with Crippen molar-refractivity contribution in [2.45, 2.75) is 32.2 Å². The van der Waals surface area contributed by atoms with E-state index in [1.54, 1.807) is 7.11 Å². The van der Waals surface area contributed by atoms with Crippen molar-refractivity contribution in [1.82, 2.24) is 10.2 Å². The minimum Gasteiger partial charge on any atom is -0.383 e. The standard InChI is InChI=1S/C12H22N4O3.HI/c1-9(8-19-2)15-12(13)14-6-7-16-10(17)4-3-5-11(16)18;/h9H,3-8H2,1-2H3,(H3,13,14,15);1H. The van der Waals surface area contributed by atoms with Crippen molar-refractivity contribution in [2.75, 3.05) is 26.8 Å². The summed E-state index contributed by atoms with van der Waals surface area (Å²) in [7, 11) is 1.61. The van der Waals surface area contributed by atoms with Crippen molar-refractivity contribution in [2.24, 2.45) is 10.7 Å². The summed E-state index contributed by atoms with van der Waals surface area (Å²) in [5.41, 5.74) is 5.68. The molecule has 2 amide bonds. The molecule has 0 aromatic rings. The van der Waals surface area contributed by atoms with Gasteiger partial charge < -0.3 is 15.8 Å². The van der Waals surface area contributed by atoms with Crippen LogP contribution in [0.2, 0.25) is 0 Å². The molecular formula is C12H23IN4O3. The molecule has 1 unspecified atom stereocenters. The lowest BCUT2D eigenvalue weighted by atomic mass is 10.1. The molecule has 0 aliphatic carbocycles. The second kappa shape index (κ2) is 9.92. The number of hydrogen-bond acceptors (Lipinski definition) is 4. The fourth-order valence-electron chi connectivity index (χ4n) is 1.91. The first kappa shape index (κ1) is 19.1. The Balaban J connectivity index is 0.00000361. The first-order chi connectivity index (χ1) is 9.04. The van der Waals surface area contributed by atoms with Crippen molar-refractivity contribution in [3.05, 3.63) is 0 Å². The fourth-order valence-corrected chi connectivity index (χ4v) is 1.91. The largest absolute Gasteiger partial charge is 0.383 e. The van der Waals surface area contributed by atoms with Crippen LogP contribution in [-0.2, 0) is 14.3 Å². The van der Waals surface area contributed by atoms with E-state index in [2.05, 4.69) is 10.3 Å². The topological polar surface area (TPSA) is 97.0 Å². The molecule has 8 heteroatoms. The summed E-state index contributed by atoms with van der Waals surface area (Å²) in [6.07, 6.45) is 1.53. The minimum atomic E-state index is -0.120. The predicted octanol–water partition coefficient (Wildman–Crippen LogP) is 0.0827. The molecule has 1 aliphatic heterocycles. The molecule has 0 radical (unpaired) electrons. The molecule has 1 atom stereocenters. The van der Waals surface area contributed by atoms with Crippen LogP contribution in [-0.4, -0.2) is 55.5 Å². The maximum Gasteiger partial charge on any atom is 0.229 e. The molecule has 1 saturated heterocycles. The van der Waals surface area contributed by atoms with Gasteiger partial charge in [0.1, 0.15) is 0 Å². The number of amides is 2. The Hall–Kier alpha value is -0.900. The van der Waals surface area contributed by atoms with Crippen molar-refractivity contribution >= 4 is 41.8 Å². The Kier molecular flexibility index (Phi) is 9.47. The van der Waals surface area contributed by atoms with E-state index in [0.717, 1.165) is 0 Å². The second-order valence-electron chi connectivity index (χ2n) is 4.56. The highest BCUT2D eigenvalue weighted by atomic mass is 127. The fraction of sp³-hybridized carbons (Fsp3) is 0.750. The summed E-state index contributed by atoms with van der Waals surface area (Å²) in [6.45, 7) is 3.05. The number of methoxy groups -OCH3 is 1. The number of carbonyl (C=O) groups excluding carboxylic acids is 2. The van der Waals surface area contributed by atoms with E-state index in [1.165, 1.54) is 4.90 Å². The molecule has 3 N–H and O–H groups in total. The highest BCUT2D eigenvalue weighted by molar-refractivity contribution is 14.0. The Bertz CT molecular complexity index is 347. The van der Waals surface area contributed by atoms with Gasteiger partial charge in [-0.2, -0.15) is 0 Å². The zero-order valence-electron chi connectivity index (χ0n) is 11.9. The van der Waals surface area contributed by atoms with Gasteiger partial charge in [0.25, 0.3) is 0 Å². The molecule has 20 heavy (non-hydrogen) atoms. The van der Waals surface area contributed by atoms with E-state index in [9.17, 15) is 9.59 Å². The molecule has 0 spiro atoms. The molecule has 1 rings (SSSR count). The Morgan fingerprint density at radius 2 is 2.05 bits per heavy atom. The lowest BCUT2D eigenvalue weighted by Crippen LogP contribution is -2.43. The van der Waals surface area contributed by atoms with Crippen molar-refractivity contribution in [3.63, 3.8) is 0 Å². The summed E-state index contributed by atoms with van der Waals surface area (Å²) in [5, 5.41) is 2.96. The van der Waals surface area contributed by atoms with Crippen LogP contribution in [0.1, 0.15) is 26.2 Å². The smallest absolute Gasteiger partial charge is 0.229 e. The highest BCUT2D eigenvalue weighted by Crippen LogP contribution is 2.11. The number of aliphatic imine (C=N–C) groups is 1. The van der Waals surface area contributed by atoms with E-state index in [1.807, 2.05) is 6.92 Å². The zero-order chi connectivity index (χ0) is 14.3. The van der Waals surface area contributed by atoms with Crippen LogP contribution in [0.4, 0.5) is 0 Å². The SMILES string of the molecule is COCC(C)NC(N)=NCCN1C(=O)CCCC1=O.I. The van der Waals surface area contributed by atoms with Crippen LogP contribution in [0.15, 0.2) is 4.99 Å². The summed E-state index contributed by atoms with van der Waals surface area (Å²) >= 11 is 0. The van der Waals surface area contributed by atoms with Crippen LogP contribution < -0.4 is 11.1 Å². The first-order valence-corrected chi connectivity index (χ1v) is 6.43. The van der Waals surface area contributed by atoms with Gasteiger partial charge in [0.15, 0.2) is 5.96 Å². The van der Waals surface area contributed by atoms with Gasteiger partial charge in [-0.1, -0.05) is 0 Å². The van der Waals surface area contributed by atoms with E-state index in [0.29, 0.717) is 44.9 Å². The summed E-state index contributed by atoms with van der Waals surface area (Å²) < 4.78 is 4.96. The molecule has 0 aromatic carbocycles. The number of ether oxygens (including phenoxy) is 1. The van der Waals surface area contributed by atoms with Gasteiger partial charge in [0, 0.05) is 32.5 Å². The quantitative estimate of drug-likeness (QED) is 0.286. The number of guanidine groups is 1. The third kappa shape index (κ3) is 6.51. The van der Waals surface area contributed by atoms with Gasteiger partial charge >= 0.3 is 0 Å². The van der Waals surface area contributed by atoms with Gasteiger partial charge in [-0.25, -0.2) is 0 Å². The molecule has 1 heterocycles. The maximum absolute atomic E-state index is 11.5. The van der Waals surface area contributed by atoms with E-state index < -0.39 is 0 Å². The van der Waals surface area contributed by atoms with Crippen LogP contribution >= 0.6 is 24.0 Å². The van der Waals surface area contributed by atoms with Crippen molar-refractivity contribution in [3.8, 4) is 0 Å². The van der Waals surface area contributed by atoms with Gasteiger partial charge in [-0.15, -0.1) is 24.0 Å². The maximum atomic E-state index is 11.5. The third-order valence-corrected chi connectivity index (χ3v) is 2.80. The predicted molar refractivity (Wildman–Crippen MR) is 86.9 cm³/mol. The third-order valence-electron chi connectivity index (χ3n) is 2.80. The van der Waals surface area contributed by atoms with Crippen LogP contribution in [0.3, 0.4) is 0 Å². The molecule has 7 nitrogen and oxygen atoms in total. The number of nitrogens with one attached hydrogen (secondary N) is 1. The number of carbonyl (C=O) groups is 2. The first-order valence-electron chi connectivity index (χ1n) is 6.43. The number of nitrogens with zero attached hydrogens (tertiary/aromatic N) is 2. The number of hydrogen-bond donors (Lipinski definition) is 2. The van der Waals surface area contributed by atoms with Gasteiger partial charge in [-0.05, 0) is 13.3 Å². The number of nitrogens with two attached hydrogens (primary N) is 1.